The minimum atomic E-state index is -0.651. The summed E-state index contributed by atoms with van der Waals surface area (Å²) in [5.41, 5.74) is 2.39. The molecule has 0 spiro atoms. The van der Waals surface area contributed by atoms with Gasteiger partial charge < -0.3 is 10.2 Å². The van der Waals surface area contributed by atoms with Crippen LogP contribution in [-0.2, 0) is 22.6 Å². The van der Waals surface area contributed by atoms with Gasteiger partial charge >= 0.3 is 0 Å². The minimum absolute atomic E-state index is 0.148. The lowest BCUT2D eigenvalue weighted by atomic mass is 10.1. The highest BCUT2D eigenvalue weighted by molar-refractivity contribution is 5.88. The van der Waals surface area contributed by atoms with E-state index in [0.29, 0.717) is 0 Å². The van der Waals surface area contributed by atoms with E-state index in [-0.39, 0.29) is 30.6 Å². The molecule has 0 fully saturated rings. The summed E-state index contributed by atoms with van der Waals surface area (Å²) in [4.78, 5) is 27.3. The second kappa shape index (κ2) is 9.00. The second-order valence-electron chi connectivity index (χ2n) is 8.23. The van der Waals surface area contributed by atoms with Crippen molar-refractivity contribution in [3.63, 3.8) is 0 Å². The lowest BCUT2D eigenvalue weighted by Gasteiger charge is -2.31. The van der Waals surface area contributed by atoms with Gasteiger partial charge in [0.2, 0.25) is 11.8 Å². The molecule has 2 rings (SSSR count). The Morgan fingerprint density at radius 3 is 2.07 bits per heavy atom. The molecule has 2 amide bonds. The first-order chi connectivity index (χ1) is 13.0. The van der Waals surface area contributed by atoms with Crippen LogP contribution in [0.4, 0.5) is 4.39 Å². The van der Waals surface area contributed by atoms with Gasteiger partial charge in [-0.15, -0.1) is 0 Å². The van der Waals surface area contributed by atoms with Crippen molar-refractivity contribution in [3.05, 3.63) is 71.0 Å². The van der Waals surface area contributed by atoms with E-state index in [1.54, 1.807) is 24.0 Å². The van der Waals surface area contributed by atoms with Crippen LogP contribution >= 0.6 is 0 Å². The van der Waals surface area contributed by atoms with Gasteiger partial charge in [-0.05, 0) is 57.9 Å². The van der Waals surface area contributed by atoms with Crippen molar-refractivity contribution in [2.45, 2.75) is 59.2 Å². The Bertz CT molecular complexity index is 808. The first-order valence-corrected chi connectivity index (χ1v) is 9.46. The van der Waals surface area contributed by atoms with Gasteiger partial charge in [0, 0.05) is 12.1 Å². The Kier molecular flexibility index (Phi) is 6.95. The number of nitrogens with zero attached hydrogens (tertiary/aromatic N) is 1. The van der Waals surface area contributed by atoms with E-state index in [9.17, 15) is 14.0 Å². The quantitative estimate of drug-likeness (QED) is 0.818. The fourth-order valence-electron chi connectivity index (χ4n) is 2.83. The van der Waals surface area contributed by atoms with E-state index in [0.717, 1.165) is 16.7 Å². The number of hydrogen-bond acceptors (Lipinski definition) is 2. The number of aryl methyl sites for hydroxylation is 1. The molecule has 28 heavy (non-hydrogen) atoms. The molecule has 1 atom stereocenters. The predicted molar refractivity (Wildman–Crippen MR) is 109 cm³/mol. The highest BCUT2D eigenvalue weighted by Gasteiger charge is 2.28. The van der Waals surface area contributed by atoms with Crippen LogP contribution < -0.4 is 5.32 Å². The van der Waals surface area contributed by atoms with Crippen LogP contribution in [0.2, 0.25) is 0 Å². The number of halogens is 1. The Morgan fingerprint density at radius 2 is 1.54 bits per heavy atom. The van der Waals surface area contributed by atoms with Crippen LogP contribution in [0.1, 0.15) is 44.4 Å². The zero-order chi connectivity index (χ0) is 20.9. The second-order valence-corrected chi connectivity index (χ2v) is 8.23. The van der Waals surface area contributed by atoms with Crippen LogP contribution in [0.5, 0.6) is 0 Å². The Balaban J connectivity index is 2.23. The molecule has 0 saturated heterocycles. The summed E-state index contributed by atoms with van der Waals surface area (Å²) in [6.07, 6.45) is 0.203. The summed E-state index contributed by atoms with van der Waals surface area (Å²) in [6.45, 7) is 9.65. The molecule has 0 aliphatic rings. The van der Waals surface area contributed by atoms with Crippen LogP contribution in [0.25, 0.3) is 0 Å². The van der Waals surface area contributed by atoms with Gasteiger partial charge in [-0.25, -0.2) is 4.39 Å². The summed E-state index contributed by atoms with van der Waals surface area (Å²) in [5.74, 6) is -0.698. The molecular weight excluding hydrogens is 355 g/mol. The molecule has 0 heterocycles. The van der Waals surface area contributed by atoms with Gasteiger partial charge in [-0.2, -0.15) is 0 Å². The molecule has 0 radical (unpaired) electrons. The van der Waals surface area contributed by atoms with Gasteiger partial charge in [-0.1, -0.05) is 42.0 Å². The standard InChI is InChI=1S/C23H29FN2O2/c1-16-6-8-18(9-7-16)14-21(27)26(15-19-10-12-20(24)13-11-19)17(2)22(28)25-23(3,4)5/h6-13,17H,14-15H2,1-5H3,(H,25,28). The van der Waals surface area contributed by atoms with Crippen LogP contribution in [-0.4, -0.2) is 28.3 Å². The first kappa shape index (κ1) is 21.6. The van der Waals surface area contributed by atoms with Gasteiger partial charge in [0.25, 0.3) is 0 Å². The number of nitrogens with one attached hydrogen (secondary N) is 1. The van der Waals surface area contributed by atoms with Gasteiger partial charge in [-0.3, -0.25) is 9.59 Å². The predicted octanol–water partition coefficient (Wildman–Crippen LogP) is 4.01. The maximum atomic E-state index is 13.2. The fourth-order valence-corrected chi connectivity index (χ4v) is 2.83. The summed E-state index contributed by atoms with van der Waals surface area (Å²) in [7, 11) is 0. The van der Waals surface area contributed by atoms with Crippen LogP contribution in [0.3, 0.4) is 0 Å². The van der Waals surface area contributed by atoms with E-state index < -0.39 is 11.6 Å². The lowest BCUT2D eigenvalue weighted by Crippen LogP contribution is -2.52. The average molecular weight is 384 g/mol. The van der Waals surface area contributed by atoms with E-state index in [1.807, 2.05) is 52.0 Å². The summed E-state index contributed by atoms with van der Waals surface area (Å²) in [6, 6.07) is 13.1. The van der Waals surface area contributed by atoms with Crippen molar-refractivity contribution in [2.75, 3.05) is 0 Å². The third kappa shape index (κ3) is 6.48. The number of benzene rings is 2. The molecule has 1 unspecified atom stereocenters. The van der Waals surface area contributed by atoms with Gasteiger partial charge in [0.05, 0.1) is 6.42 Å². The Hall–Kier alpha value is -2.69. The smallest absolute Gasteiger partial charge is 0.242 e. The summed E-state index contributed by atoms with van der Waals surface area (Å²) < 4.78 is 13.2. The van der Waals surface area contributed by atoms with Crippen molar-refractivity contribution >= 4 is 11.8 Å². The van der Waals surface area contributed by atoms with Crippen molar-refractivity contribution in [1.82, 2.24) is 10.2 Å². The zero-order valence-corrected chi connectivity index (χ0v) is 17.3. The van der Waals surface area contributed by atoms with E-state index >= 15 is 0 Å². The molecule has 5 heteroatoms. The number of hydrogen-bond donors (Lipinski definition) is 1. The Morgan fingerprint density at radius 1 is 1.00 bits per heavy atom. The van der Waals surface area contributed by atoms with Gasteiger partial charge in [0.15, 0.2) is 0 Å². The molecule has 2 aromatic carbocycles. The highest BCUT2D eigenvalue weighted by atomic mass is 19.1. The minimum Gasteiger partial charge on any atom is -0.350 e. The molecule has 0 saturated carbocycles. The molecule has 4 nitrogen and oxygen atoms in total. The molecule has 1 N–H and O–H groups in total. The van der Waals surface area contributed by atoms with E-state index in [2.05, 4.69) is 5.32 Å². The first-order valence-electron chi connectivity index (χ1n) is 9.46. The molecule has 150 valence electrons. The van der Waals surface area contributed by atoms with E-state index in [4.69, 9.17) is 0 Å². The topological polar surface area (TPSA) is 49.4 Å². The normalized spacial score (nSPS) is 12.4. The molecular formula is C23H29FN2O2. The van der Waals surface area contributed by atoms with Gasteiger partial charge in [0.1, 0.15) is 11.9 Å². The third-order valence-electron chi connectivity index (χ3n) is 4.41. The number of amides is 2. The maximum absolute atomic E-state index is 13.2. The third-order valence-corrected chi connectivity index (χ3v) is 4.41. The summed E-state index contributed by atoms with van der Waals surface area (Å²) in [5, 5.41) is 2.93. The van der Waals surface area contributed by atoms with E-state index in [1.165, 1.54) is 12.1 Å². The zero-order valence-electron chi connectivity index (χ0n) is 17.3. The monoisotopic (exact) mass is 384 g/mol. The highest BCUT2D eigenvalue weighted by Crippen LogP contribution is 2.14. The largest absolute Gasteiger partial charge is 0.350 e. The SMILES string of the molecule is Cc1ccc(CC(=O)N(Cc2ccc(F)cc2)C(C)C(=O)NC(C)(C)C)cc1. The Labute approximate surface area is 166 Å². The van der Waals surface area contributed by atoms with Crippen molar-refractivity contribution < 1.29 is 14.0 Å². The summed E-state index contributed by atoms with van der Waals surface area (Å²) >= 11 is 0. The van der Waals surface area contributed by atoms with Crippen molar-refractivity contribution in [3.8, 4) is 0 Å². The molecule has 2 aromatic rings. The van der Waals surface area contributed by atoms with Crippen molar-refractivity contribution in [1.29, 1.82) is 0 Å². The van der Waals surface area contributed by atoms with Crippen molar-refractivity contribution in [2.24, 2.45) is 0 Å². The fraction of sp³-hybridized carbons (Fsp3) is 0.391. The number of carbonyl (C=O) groups is 2. The average Bonchev–Trinajstić information content (AvgIpc) is 2.61. The molecule has 0 bridgehead atoms. The van der Waals surface area contributed by atoms with Crippen LogP contribution in [0, 0.1) is 12.7 Å². The lowest BCUT2D eigenvalue weighted by molar-refractivity contribution is -0.140. The van der Waals surface area contributed by atoms with Crippen LogP contribution in [0.15, 0.2) is 48.5 Å². The molecule has 0 aliphatic heterocycles. The maximum Gasteiger partial charge on any atom is 0.242 e. The number of rotatable bonds is 6. The molecule has 0 aromatic heterocycles. The number of carbonyl (C=O) groups excluding carboxylic acids is 2. The molecule has 0 aliphatic carbocycles.